The van der Waals surface area contributed by atoms with Gasteiger partial charge in [0.2, 0.25) is 5.91 Å². The Morgan fingerprint density at radius 2 is 2.17 bits per heavy atom. The fraction of sp³-hybridized carbons (Fsp3) is 0.462. The van der Waals surface area contributed by atoms with Crippen molar-refractivity contribution in [1.29, 1.82) is 0 Å². The predicted octanol–water partition coefficient (Wildman–Crippen LogP) is 0.349. The van der Waals surface area contributed by atoms with Crippen molar-refractivity contribution in [2.45, 2.75) is 12.5 Å². The van der Waals surface area contributed by atoms with Crippen molar-refractivity contribution >= 4 is 11.6 Å². The second-order valence-corrected chi connectivity index (χ2v) is 4.28. The van der Waals surface area contributed by atoms with E-state index >= 15 is 0 Å². The van der Waals surface area contributed by atoms with Gasteiger partial charge in [-0.05, 0) is 37.2 Å². The van der Waals surface area contributed by atoms with E-state index in [1.165, 1.54) is 0 Å². The van der Waals surface area contributed by atoms with Crippen LogP contribution in [0.1, 0.15) is 6.42 Å². The van der Waals surface area contributed by atoms with Gasteiger partial charge < -0.3 is 20.7 Å². The van der Waals surface area contributed by atoms with Crippen molar-refractivity contribution in [3.63, 3.8) is 0 Å². The van der Waals surface area contributed by atoms with E-state index in [-0.39, 0.29) is 11.9 Å². The Morgan fingerprint density at radius 1 is 1.44 bits per heavy atom. The van der Waals surface area contributed by atoms with Gasteiger partial charge >= 0.3 is 0 Å². The molecule has 3 N–H and O–H groups in total. The molecular formula is C13H19N3O2. The number of piperazine rings is 1. The van der Waals surface area contributed by atoms with Crippen molar-refractivity contribution in [3.8, 4) is 5.75 Å². The van der Waals surface area contributed by atoms with Crippen molar-refractivity contribution in [1.82, 2.24) is 5.32 Å². The molecule has 5 nitrogen and oxygen atoms in total. The standard InChI is InChI=1S/C13H19N3O2/c1-18-11-4-2-10(3-5-11)16-9-8-15-13(17)12(16)6-7-14/h2-5,12H,6-9,14H2,1H3,(H,15,17). The Bertz CT molecular complexity index is 405. The summed E-state index contributed by atoms with van der Waals surface area (Å²) in [5.74, 6) is 0.873. The Hall–Kier alpha value is -1.75. The first-order valence-corrected chi connectivity index (χ1v) is 6.14. The van der Waals surface area contributed by atoms with Crippen molar-refractivity contribution in [2.75, 3.05) is 31.6 Å². The molecule has 1 aromatic carbocycles. The number of benzene rings is 1. The minimum absolute atomic E-state index is 0.0579. The van der Waals surface area contributed by atoms with E-state index < -0.39 is 0 Å². The van der Waals surface area contributed by atoms with Gasteiger partial charge in [-0.25, -0.2) is 0 Å². The third-order valence-corrected chi connectivity index (χ3v) is 3.17. The normalized spacial score (nSPS) is 19.6. The summed E-state index contributed by atoms with van der Waals surface area (Å²) < 4.78 is 5.13. The number of carbonyl (C=O) groups is 1. The van der Waals surface area contributed by atoms with Gasteiger partial charge in [0.15, 0.2) is 0 Å². The maximum absolute atomic E-state index is 11.9. The maximum Gasteiger partial charge on any atom is 0.242 e. The van der Waals surface area contributed by atoms with Gasteiger partial charge in [-0.1, -0.05) is 0 Å². The molecule has 2 rings (SSSR count). The molecule has 1 saturated heterocycles. The average molecular weight is 249 g/mol. The highest BCUT2D eigenvalue weighted by atomic mass is 16.5. The van der Waals surface area contributed by atoms with E-state index in [9.17, 15) is 4.79 Å². The summed E-state index contributed by atoms with van der Waals surface area (Å²) >= 11 is 0. The molecule has 1 aliphatic rings. The van der Waals surface area contributed by atoms with Gasteiger partial charge in [0.05, 0.1) is 7.11 Å². The number of rotatable bonds is 4. The second-order valence-electron chi connectivity index (χ2n) is 4.28. The fourth-order valence-electron chi connectivity index (χ4n) is 2.24. The molecule has 1 amide bonds. The minimum atomic E-state index is -0.169. The lowest BCUT2D eigenvalue weighted by atomic mass is 10.1. The van der Waals surface area contributed by atoms with Crippen LogP contribution in [0.2, 0.25) is 0 Å². The number of nitrogens with zero attached hydrogens (tertiary/aromatic N) is 1. The number of anilines is 1. The fourth-order valence-corrected chi connectivity index (χ4v) is 2.24. The van der Waals surface area contributed by atoms with Crippen LogP contribution in [0.15, 0.2) is 24.3 Å². The zero-order valence-electron chi connectivity index (χ0n) is 10.6. The van der Waals surface area contributed by atoms with Crippen LogP contribution in [-0.2, 0) is 4.79 Å². The molecule has 5 heteroatoms. The molecule has 0 spiro atoms. The van der Waals surface area contributed by atoms with E-state index in [1.807, 2.05) is 24.3 Å². The molecule has 0 aliphatic carbocycles. The van der Waals surface area contributed by atoms with Crippen LogP contribution in [0, 0.1) is 0 Å². The summed E-state index contributed by atoms with van der Waals surface area (Å²) in [4.78, 5) is 14.0. The number of ether oxygens (including phenoxy) is 1. The summed E-state index contributed by atoms with van der Waals surface area (Å²) in [6, 6.07) is 7.59. The third-order valence-electron chi connectivity index (χ3n) is 3.17. The zero-order valence-corrected chi connectivity index (χ0v) is 10.6. The van der Waals surface area contributed by atoms with Crippen LogP contribution >= 0.6 is 0 Å². The molecule has 18 heavy (non-hydrogen) atoms. The van der Waals surface area contributed by atoms with Crippen molar-refractivity contribution in [2.24, 2.45) is 5.73 Å². The van der Waals surface area contributed by atoms with E-state index in [0.29, 0.717) is 19.5 Å². The smallest absolute Gasteiger partial charge is 0.242 e. The van der Waals surface area contributed by atoms with Gasteiger partial charge in [-0.2, -0.15) is 0 Å². The lowest BCUT2D eigenvalue weighted by Crippen LogP contribution is -2.56. The molecule has 1 unspecified atom stereocenters. The number of carbonyl (C=O) groups excluding carboxylic acids is 1. The lowest BCUT2D eigenvalue weighted by molar-refractivity contribution is -0.123. The highest BCUT2D eigenvalue weighted by molar-refractivity contribution is 5.86. The van der Waals surface area contributed by atoms with E-state index in [0.717, 1.165) is 18.0 Å². The maximum atomic E-state index is 11.9. The summed E-state index contributed by atoms with van der Waals surface area (Å²) in [7, 11) is 1.64. The van der Waals surface area contributed by atoms with Crippen LogP contribution in [-0.4, -0.2) is 38.7 Å². The first kappa shape index (κ1) is 12.7. The van der Waals surface area contributed by atoms with Crippen LogP contribution in [0.3, 0.4) is 0 Å². The molecule has 1 heterocycles. The summed E-state index contributed by atoms with van der Waals surface area (Å²) in [6.45, 7) is 1.99. The quantitative estimate of drug-likeness (QED) is 0.808. The molecule has 98 valence electrons. The SMILES string of the molecule is COc1ccc(N2CCNC(=O)C2CCN)cc1. The van der Waals surface area contributed by atoms with Crippen LogP contribution in [0.5, 0.6) is 5.75 Å². The third kappa shape index (κ3) is 2.56. The highest BCUT2D eigenvalue weighted by Gasteiger charge is 2.28. The highest BCUT2D eigenvalue weighted by Crippen LogP contribution is 2.23. The molecule has 0 aromatic heterocycles. The topological polar surface area (TPSA) is 67.6 Å². The van der Waals surface area contributed by atoms with Crippen LogP contribution in [0.4, 0.5) is 5.69 Å². The minimum Gasteiger partial charge on any atom is -0.497 e. The average Bonchev–Trinajstić information content (AvgIpc) is 2.41. The number of amides is 1. The summed E-state index contributed by atoms with van der Waals surface area (Å²) in [6.07, 6.45) is 0.665. The number of nitrogens with one attached hydrogen (secondary N) is 1. The van der Waals surface area contributed by atoms with Crippen molar-refractivity contribution in [3.05, 3.63) is 24.3 Å². The Kier molecular flexibility index (Phi) is 4.04. The number of hydrogen-bond donors (Lipinski definition) is 2. The zero-order chi connectivity index (χ0) is 13.0. The molecule has 0 radical (unpaired) electrons. The lowest BCUT2D eigenvalue weighted by Gasteiger charge is -2.36. The Morgan fingerprint density at radius 3 is 2.78 bits per heavy atom. The van der Waals surface area contributed by atoms with Gasteiger partial charge in [0.25, 0.3) is 0 Å². The number of methoxy groups -OCH3 is 1. The van der Waals surface area contributed by atoms with Crippen LogP contribution in [0.25, 0.3) is 0 Å². The Balaban J connectivity index is 2.19. The molecular weight excluding hydrogens is 230 g/mol. The van der Waals surface area contributed by atoms with Gasteiger partial charge in [-0.3, -0.25) is 4.79 Å². The van der Waals surface area contributed by atoms with Crippen LogP contribution < -0.4 is 20.7 Å². The first-order chi connectivity index (χ1) is 8.76. The predicted molar refractivity (Wildman–Crippen MR) is 70.8 cm³/mol. The number of nitrogens with two attached hydrogens (primary N) is 1. The number of hydrogen-bond acceptors (Lipinski definition) is 4. The first-order valence-electron chi connectivity index (χ1n) is 6.14. The van der Waals surface area contributed by atoms with E-state index in [4.69, 9.17) is 10.5 Å². The summed E-state index contributed by atoms with van der Waals surface area (Å²) in [5.41, 5.74) is 6.61. The van der Waals surface area contributed by atoms with Gasteiger partial charge in [0.1, 0.15) is 11.8 Å². The molecule has 1 aromatic rings. The van der Waals surface area contributed by atoms with Crippen molar-refractivity contribution < 1.29 is 9.53 Å². The molecule has 1 aliphatic heterocycles. The second kappa shape index (κ2) is 5.73. The summed E-state index contributed by atoms with van der Waals surface area (Å²) in [5, 5.41) is 2.88. The molecule has 0 saturated carbocycles. The van der Waals surface area contributed by atoms with Gasteiger partial charge in [-0.15, -0.1) is 0 Å². The monoisotopic (exact) mass is 249 g/mol. The molecule has 1 fully saturated rings. The van der Waals surface area contributed by atoms with E-state index in [1.54, 1.807) is 7.11 Å². The largest absolute Gasteiger partial charge is 0.497 e. The molecule has 0 bridgehead atoms. The van der Waals surface area contributed by atoms with E-state index in [2.05, 4.69) is 10.2 Å². The molecule has 1 atom stereocenters. The van der Waals surface area contributed by atoms with Gasteiger partial charge in [0, 0.05) is 18.8 Å². The Labute approximate surface area is 107 Å².